The summed E-state index contributed by atoms with van der Waals surface area (Å²) in [4.78, 5) is 9.08. The highest BCUT2D eigenvalue weighted by molar-refractivity contribution is 5.85. The molecule has 7 heteroatoms. The number of aromatic nitrogens is 4. The van der Waals surface area contributed by atoms with Gasteiger partial charge in [0.25, 0.3) is 0 Å². The lowest BCUT2D eigenvalue weighted by Gasteiger charge is -2.21. The van der Waals surface area contributed by atoms with E-state index in [0.717, 1.165) is 22.4 Å². The minimum Gasteiger partial charge on any atom is -0.359 e. The fraction of sp³-hybridized carbons (Fsp3) is 0.300. The lowest BCUT2D eigenvalue weighted by atomic mass is 10.0. The molecule has 0 amide bonds. The van der Waals surface area contributed by atoms with Gasteiger partial charge >= 0.3 is 0 Å². The first-order valence-electron chi connectivity index (χ1n) is 8.87. The van der Waals surface area contributed by atoms with Gasteiger partial charge in [0, 0.05) is 0 Å². The second-order valence-corrected chi connectivity index (χ2v) is 7.00. The average molecular weight is 360 g/mol. The number of pyridine rings is 1. The Kier molecular flexibility index (Phi) is 4.04. The Bertz CT molecular complexity index is 1180. The predicted octanol–water partition coefficient (Wildman–Crippen LogP) is 4.17. The van der Waals surface area contributed by atoms with E-state index in [4.69, 9.17) is 4.52 Å². The molecule has 0 saturated carbocycles. The van der Waals surface area contributed by atoms with Gasteiger partial charge in [-0.05, 0) is 43.5 Å². The molecule has 1 aromatic carbocycles. The number of benzene rings is 1. The van der Waals surface area contributed by atoms with Crippen molar-refractivity contribution in [1.29, 1.82) is 5.26 Å². The molecule has 0 radical (unpaired) electrons. The molecule has 0 spiro atoms. The van der Waals surface area contributed by atoms with Crippen LogP contribution in [-0.2, 0) is 0 Å². The number of aryl methyl sites for hydroxylation is 2. The summed E-state index contributed by atoms with van der Waals surface area (Å²) in [7, 11) is 0. The van der Waals surface area contributed by atoms with Gasteiger partial charge in [-0.3, -0.25) is 4.40 Å². The predicted molar refractivity (Wildman–Crippen MR) is 102 cm³/mol. The second kappa shape index (κ2) is 6.40. The first-order valence-corrected chi connectivity index (χ1v) is 8.87. The minimum absolute atomic E-state index is 0.164. The summed E-state index contributed by atoms with van der Waals surface area (Å²) in [6.07, 6.45) is 0. The standard InChI is InChI=1S/C20H20N6O/c1-11(2)18(20-22-13(4)25-27-20)24-17-9-12(3)14(10-21)19-23-15-7-5-6-8-16(15)26(17)19/h5-9,11,18,24H,1-4H3/t18-/m0/s1. The van der Waals surface area contributed by atoms with Gasteiger partial charge in [0.15, 0.2) is 11.5 Å². The highest BCUT2D eigenvalue weighted by atomic mass is 16.5. The van der Waals surface area contributed by atoms with Crippen LogP contribution in [0.25, 0.3) is 16.7 Å². The molecule has 27 heavy (non-hydrogen) atoms. The van der Waals surface area contributed by atoms with Gasteiger partial charge in [0.2, 0.25) is 5.89 Å². The van der Waals surface area contributed by atoms with Crippen molar-refractivity contribution in [1.82, 2.24) is 19.5 Å². The largest absolute Gasteiger partial charge is 0.359 e. The van der Waals surface area contributed by atoms with Crippen molar-refractivity contribution in [2.75, 3.05) is 5.32 Å². The van der Waals surface area contributed by atoms with E-state index in [2.05, 4.69) is 40.4 Å². The third-order valence-electron chi connectivity index (χ3n) is 4.66. The third kappa shape index (κ3) is 2.79. The summed E-state index contributed by atoms with van der Waals surface area (Å²) in [5.41, 5.74) is 3.87. The summed E-state index contributed by atoms with van der Waals surface area (Å²) < 4.78 is 7.40. The van der Waals surface area contributed by atoms with E-state index >= 15 is 0 Å². The maximum Gasteiger partial charge on any atom is 0.249 e. The van der Waals surface area contributed by atoms with Crippen LogP contribution in [0.1, 0.15) is 42.7 Å². The Balaban J connectivity index is 1.94. The number of anilines is 1. The van der Waals surface area contributed by atoms with E-state index < -0.39 is 0 Å². The maximum absolute atomic E-state index is 9.63. The average Bonchev–Trinajstić information content (AvgIpc) is 3.23. The van der Waals surface area contributed by atoms with Gasteiger partial charge in [-0.1, -0.05) is 31.1 Å². The highest BCUT2D eigenvalue weighted by Crippen LogP contribution is 2.31. The van der Waals surface area contributed by atoms with Crippen molar-refractivity contribution in [2.24, 2.45) is 5.92 Å². The van der Waals surface area contributed by atoms with Crippen LogP contribution >= 0.6 is 0 Å². The molecule has 1 N–H and O–H groups in total. The number of nitrogens with zero attached hydrogens (tertiary/aromatic N) is 5. The number of nitriles is 1. The number of hydrogen-bond acceptors (Lipinski definition) is 6. The minimum atomic E-state index is -0.164. The molecule has 3 heterocycles. The second-order valence-electron chi connectivity index (χ2n) is 7.00. The summed E-state index contributed by atoms with van der Waals surface area (Å²) >= 11 is 0. The van der Waals surface area contributed by atoms with E-state index in [1.165, 1.54) is 0 Å². The maximum atomic E-state index is 9.63. The van der Waals surface area contributed by atoms with Gasteiger partial charge < -0.3 is 9.84 Å². The molecule has 0 bridgehead atoms. The summed E-state index contributed by atoms with van der Waals surface area (Å²) in [6.45, 7) is 7.91. The molecule has 1 atom stereocenters. The molecule has 0 fully saturated rings. The molecule has 0 aliphatic carbocycles. The molecule has 0 aliphatic rings. The van der Waals surface area contributed by atoms with Crippen molar-refractivity contribution in [3.8, 4) is 6.07 Å². The molecule has 136 valence electrons. The van der Waals surface area contributed by atoms with Gasteiger partial charge in [-0.15, -0.1) is 0 Å². The van der Waals surface area contributed by atoms with E-state index in [-0.39, 0.29) is 12.0 Å². The summed E-state index contributed by atoms with van der Waals surface area (Å²) in [6, 6.07) is 11.9. The molecular formula is C20H20N6O. The quantitative estimate of drug-likeness (QED) is 0.587. The molecule has 4 aromatic rings. The van der Waals surface area contributed by atoms with E-state index in [1.807, 2.05) is 41.7 Å². The van der Waals surface area contributed by atoms with Gasteiger partial charge in [-0.2, -0.15) is 10.2 Å². The van der Waals surface area contributed by atoms with Crippen molar-refractivity contribution in [3.63, 3.8) is 0 Å². The van der Waals surface area contributed by atoms with Crippen molar-refractivity contribution in [3.05, 3.63) is 53.2 Å². The first kappa shape index (κ1) is 17.0. The van der Waals surface area contributed by atoms with E-state index in [9.17, 15) is 5.26 Å². The van der Waals surface area contributed by atoms with Gasteiger partial charge in [0.05, 0.1) is 16.6 Å². The Morgan fingerprint density at radius 3 is 2.63 bits per heavy atom. The van der Waals surface area contributed by atoms with Crippen LogP contribution in [0, 0.1) is 31.1 Å². The fourth-order valence-corrected chi connectivity index (χ4v) is 3.31. The molecule has 0 unspecified atom stereocenters. The molecule has 7 nitrogen and oxygen atoms in total. The van der Waals surface area contributed by atoms with E-state index in [1.54, 1.807) is 6.92 Å². The van der Waals surface area contributed by atoms with Crippen LogP contribution in [0.5, 0.6) is 0 Å². The summed E-state index contributed by atoms with van der Waals surface area (Å²) in [5.74, 6) is 2.20. The first-order chi connectivity index (χ1) is 13.0. The zero-order chi connectivity index (χ0) is 19.1. The third-order valence-corrected chi connectivity index (χ3v) is 4.66. The Morgan fingerprint density at radius 1 is 1.19 bits per heavy atom. The van der Waals surface area contributed by atoms with Crippen molar-refractivity contribution >= 4 is 22.5 Å². The molecule has 4 rings (SSSR count). The van der Waals surface area contributed by atoms with Crippen LogP contribution in [0.3, 0.4) is 0 Å². The molecule has 3 aromatic heterocycles. The fourth-order valence-electron chi connectivity index (χ4n) is 3.31. The Labute approximate surface area is 156 Å². The highest BCUT2D eigenvalue weighted by Gasteiger charge is 2.24. The van der Waals surface area contributed by atoms with Crippen molar-refractivity contribution in [2.45, 2.75) is 33.7 Å². The number of nitrogens with one attached hydrogen (secondary N) is 1. The Hall–Kier alpha value is -3.40. The number of imidazole rings is 1. The van der Waals surface area contributed by atoms with Crippen LogP contribution in [0.2, 0.25) is 0 Å². The van der Waals surface area contributed by atoms with E-state index in [0.29, 0.717) is 22.9 Å². The van der Waals surface area contributed by atoms with Crippen LogP contribution in [0.4, 0.5) is 5.82 Å². The summed E-state index contributed by atoms with van der Waals surface area (Å²) in [5, 5.41) is 17.1. The van der Waals surface area contributed by atoms with Gasteiger partial charge in [-0.25, -0.2) is 4.98 Å². The van der Waals surface area contributed by atoms with Crippen LogP contribution < -0.4 is 5.32 Å². The number of rotatable bonds is 4. The molecule has 0 aliphatic heterocycles. The topological polar surface area (TPSA) is 92.0 Å². The molecule has 0 saturated heterocycles. The van der Waals surface area contributed by atoms with Crippen molar-refractivity contribution < 1.29 is 4.52 Å². The number of para-hydroxylation sites is 2. The zero-order valence-corrected chi connectivity index (χ0v) is 15.7. The smallest absolute Gasteiger partial charge is 0.249 e. The van der Waals surface area contributed by atoms with Gasteiger partial charge in [0.1, 0.15) is 17.9 Å². The molecular weight excluding hydrogens is 340 g/mol. The SMILES string of the molecule is Cc1noc([C@@H](Nc2cc(C)c(C#N)c3nc4ccccc4n23)C(C)C)n1. The lowest BCUT2D eigenvalue weighted by Crippen LogP contribution is -2.19. The number of fused-ring (bicyclic) bond motifs is 3. The normalized spacial score (nSPS) is 12.6. The Morgan fingerprint density at radius 2 is 1.96 bits per heavy atom. The monoisotopic (exact) mass is 360 g/mol. The van der Waals surface area contributed by atoms with Crippen LogP contribution in [-0.4, -0.2) is 19.5 Å². The lowest BCUT2D eigenvalue weighted by molar-refractivity contribution is 0.333. The zero-order valence-electron chi connectivity index (χ0n) is 15.7. The van der Waals surface area contributed by atoms with Crippen LogP contribution in [0.15, 0.2) is 34.9 Å². The number of hydrogen-bond donors (Lipinski definition) is 1.